The summed E-state index contributed by atoms with van der Waals surface area (Å²) in [6.07, 6.45) is 4.18. The predicted molar refractivity (Wildman–Crippen MR) is 79.1 cm³/mol. The van der Waals surface area contributed by atoms with E-state index in [1.165, 1.54) is 12.0 Å². The second-order valence-corrected chi connectivity index (χ2v) is 5.87. The summed E-state index contributed by atoms with van der Waals surface area (Å²) in [6, 6.07) is 6.24. The van der Waals surface area contributed by atoms with Crippen LogP contribution in [-0.4, -0.2) is 25.9 Å². The molecule has 1 fully saturated rings. The van der Waals surface area contributed by atoms with Crippen LogP contribution in [0, 0.1) is 0 Å². The topological polar surface area (TPSA) is 56.5 Å². The van der Waals surface area contributed by atoms with Crippen LogP contribution >= 0.6 is 15.9 Å². The highest BCUT2D eigenvalue weighted by Crippen LogP contribution is 2.39. The molecule has 0 bridgehead atoms. The minimum atomic E-state index is -0.110. The van der Waals surface area contributed by atoms with E-state index in [2.05, 4.69) is 33.5 Å². The molecule has 0 heterocycles. The van der Waals surface area contributed by atoms with E-state index >= 15 is 0 Å². The van der Waals surface area contributed by atoms with Crippen molar-refractivity contribution in [3.63, 3.8) is 0 Å². The Balaban J connectivity index is 2.12. The zero-order valence-electron chi connectivity index (χ0n) is 11.4. The first-order chi connectivity index (χ1) is 9.15. The van der Waals surface area contributed by atoms with Gasteiger partial charge < -0.3 is 9.47 Å². The van der Waals surface area contributed by atoms with Gasteiger partial charge >= 0.3 is 0 Å². The van der Waals surface area contributed by atoms with E-state index < -0.39 is 0 Å². The van der Waals surface area contributed by atoms with Crippen LogP contribution in [0.5, 0.6) is 5.75 Å². The second-order valence-electron chi connectivity index (χ2n) is 5.01. The average molecular weight is 329 g/mol. The lowest BCUT2D eigenvalue weighted by atomic mass is 9.73. The number of hydrogen-bond acceptors (Lipinski definition) is 4. The van der Waals surface area contributed by atoms with Gasteiger partial charge in [0.2, 0.25) is 0 Å². The summed E-state index contributed by atoms with van der Waals surface area (Å²) in [7, 11) is 3.44. The molecular formula is C14H21BrN2O2. The van der Waals surface area contributed by atoms with Gasteiger partial charge in [0.15, 0.2) is 0 Å². The normalized spacial score (nSPS) is 18.7. The van der Waals surface area contributed by atoms with Gasteiger partial charge in [0.25, 0.3) is 0 Å². The summed E-state index contributed by atoms with van der Waals surface area (Å²) in [5, 5.41) is 0. The Kier molecular flexibility index (Phi) is 4.84. The highest BCUT2D eigenvalue weighted by molar-refractivity contribution is 9.10. The Morgan fingerprint density at radius 1 is 1.42 bits per heavy atom. The first-order valence-corrected chi connectivity index (χ1v) is 7.28. The van der Waals surface area contributed by atoms with Crippen LogP contribution in [0.4, 0.5) is 0 Å². The Bertz CT molecular complexity index is 430. The van der Waals surface area contributed by atoms with Crippen molar-refractivity contribution >= 4 is 15.9 Å². The standard InChI is InChI=1S/C14H21BrN2O2/c1-18-12-5-4-10(8-11(12)15)9-13(17-16)14(19-2)6-3-7-14/h4-5,8,13,17H,3,6-7,9,16H2,1-2H3. The number of hydrogen-bond donors (Lipinski definition) is 2. The van der Waals surface area contributed by atoms with Crippen LogP contribution < -0.4 is 16.0 Å². The third-order valence-corrected chi connectivity index (χ3v) is 4.72. The highest BCUT2D eigenvalue weighted by atomic mass is 79.9. The monoisotopic (exact) mass is 328 g/mol. The molecule has 1 aromatic carbocycles. The van der Waals surface area contributed by atoms with E-state index in [1.54, 1.807) is 14.2 Å². The van der Waals surface area contributed by atoms with Crippen molar-refractivity contribution in [2.75, 3.05) is 14.2 Å². The molecular weight excluding hydrogens is 308 g/mol. The lowest BCUT2D eigenvalue weighted by molar-refractivity contribution is -0.0982. The van der Waals surface area contributed by atoms with Crippen LogP contribution in [0.2, 0.25) is 0 Å². The molecule has 0 spiro atoms. The van der Waals surface area contributed by atoms with E-state index in [0.29, 0.717) is 0 Å². The van der Waals surface area contributed by atoms with Gasteiger partial charge in [0, 0.05) is 7.11 Å². The average Bonchev–Trinajstić information content (AvgIpc) is 2.37. The number of methoxy groups -OCH3 is 2. The number of ether oxygens (including phenoxy) is 2. The van der Waals surface area contributed by atoms with Gasteiger partial charge in [0.1, 0.15) is 5.75 Å². The third-order valence-electron chi connectivity index (χ3n) is 4.10. The van der Waals surface area contributed by atoms with Crippen molar-refractivity contribution in [1.29, 1.82) is 0 Å². The van der Waals surface area contributed by atoms with E-state index in [1.807, 2.05) is 6.07 Å². The summed E-state index contributed by atoms with van der Waals surface area (Å²) in [4.78, 5) is 0. The second kappa shape index (κ2) is 6.22. The molecule has 0 aliphatic heterocycles. The van der Waals surface area contributed by atoms with Crippen LogP contribution in [0.1, 0.15) is 24.8 Å². The Hall–Kier alpha value is -0.620. The minimum Gasteiger partial charge on any atom is -0.496 e. The molecule has 1 aliphatic carbocycles. The van der Waals surface area contributed by atoms with Gasteiger partial charge in [-0.05, 0) is 59.3 Å². The zero-order valence-corrected chi connectivity index (χ0v) is 13.0. The van der Waals surface area contributed by atoms with Crippen molar-refractivity contribution in [1.82, 2.24) is 5.43 Å². The number of rotatable bonds is 6. The fourth-order valence-electron chi connectivity index (χ4n) is 2.69. The predicted octanol–water partition coefficient (Wildman–Crippen LogP) is 2.40. The molecule has 1 atom stereocenters. The number of halogens is 1. The van der Waals surface area contributed by atoms with Gasteiger partial charge in [-0.1, -0.05) is 6.07 Å². The van der Waals surface area contributed by atoms with Gasteiger partial charge in [0.05, 0.1) is 23.2 Å². The fraction of sp³-hybridized carbons (Fsp3) is 0.571. The molecule has 3 N–H and O–H groups in total. The molecule has 0 radical (unpaired) electrons. The molecule has 0 aromatic heterocycles. The molecule has 1 aliphatic rings. The SMILES string of the molecule is COc1ccc(CC(NN)C2(OC)CCC2)cc1Br. The first kappa shape index (κ1) is 14.8. The van der Waals surface area contributed by atoms with Gasteiger partial charge in [-0.2, -0.15) is 0 Å². The molecule has 1 saturated carbocycles. The van der Waals surface area contributed by atoms with Crippen LogP contribution in [-0.2, 0) is 11.2 Å². The summed E-state index contributed by atoms with van der Waals surface area (Å²) in [5.41, 5.74) is 4.02. The molecule has 2 rings (SSSR count). The summed E-state index contributed by atoms with van der Waals surface area (Å²) in [5.74, 6) is 6.56. The molecule has 1 unspecified atom stereocenters. The molecule has 0 amide bonds. The maximum absolute atomic E-state index is 5.72. The van der Waals surface area contributed by atoms with E-state index in [9.17, 15) is 0 Å². The first-order valence-electron chi connectivity index (χ1n) is 6.49. The van der Waals surface area contributed by atoms with Gasteiger partial charge in [-0.15, -0.1) is 0 Å². The van der Waals surface area contributed by atoms with Crippen LogP contribution in [0.15, 0.2) is 22.7 Å². The largest absolute Gasteiger partial charge is 0.496 e. The van der Waals surface area contributed by atoms with Gasteiger partial charge in [-0.3, -0.25) is 11.3 Å². The molecule has 5 heteroatoms. The lowest BCUT2D eigenvalue weighted by Gasteiger charge is -2.46. The number of nitrogens with two attached hydrogens (primary N) is 1. The smallest absolute Gasteiger partial charge is 0.133 e. The van der Waals surface area contributed by atoms with Crippen molar-refractivity contribution in [2.24, 2.45) is 5.84 Å². The molecule has 106 valence electrons. The molecule has 1 aromatic rings. The maximum atomic E-state index is 5.72. The lowest BCUT2D eigenvalue weighted by Crippen LogP contribution is -2.59. The zero-order chi connectivity index (χ0) is 13.9. The molecule has 4 nitrogen and oxygen atoms in total. The summed E-state index contributed by atoms with van der Waals surface area (Å²) >= 11 is 3.51. The quantitative estimate of drug-likeness (QED) is 0.622. The summed E-state index contributed by atoms with van der Waals surface area (Å²) < 4.78 is 11.9. The molecule has 19 heavy (non-hydrogen) atoms. The van der Waals surface area contributed by atoms with Crippen molar-refractivity contribution < 1.29 is 9.47 Å². The fourth-order valence-corrected chi connectivity index (χ4v) is 3.28. The van der Waals surface area contributed by atoms with E-state index in [4.69, 9.17) is 15.3 Å². The van der Waals surface area contributed by atoms with Crippen molar-refractivity contribution in [2.45, 2.75) is 37.3 Å². The van der Waals surface area contributed by atoms with Crippen molar-refractivity contribution in [3.8, 4) is 5.75 Å². The third kappa shape index (κ3) is 2.94. The Morgan fingerprint density at radius 2 is 2.16 bits per heavy atom. The van der Waals surface area contributed by atoms with Gasteiger partial charge in [-0.25, -0.2) is 0 Å². The highest BCUT2D eigenvalue weighted by Gasteiger charge is 2.44. The Morgan fingerprint density at radius 3 is 2.58 bits per heavy atom. The van der Waals surface area contributed by atoms with Crippen molar-refractivity contribution in [3.05, 3.63) is 28.2 Å². The number of nitrogens with one attached hydrogen (secondary N) is 1. The minimum absolute atomic E-state index is 0.110. The number of hydrazine groups is 1. The van der Waals surface area contributed by atoms with Crippen LogP contribution in [0.25, 0.3) is 0 Å². The van der Waals surface area contributed by atoms with E-state index in [-0.39, 0.29) is 11.6 Å². The Labute approximate surface area is 122 Å². The number of benzene rings is 1. The van der Waals surface area contributed by atoms with E-state index in [0.717, 1.165) is 29.5 Å². The summed E-state index contributed by atoms with van der Waals surface area (Å²) in [6.45, 7) is 0. The maximum Gasteiger partial charge on any atom is 0.133 e. The van der Waals surface area contributed by atoms with Crippen LogP contribution in [0.3, 0.4) is 0 Å². The molecule has 0 saturated heterocycles.